The van der Waals surface area contributed by atoms with Crippen molar-refractivity contribution >= 4 is 62.0 Å². The molecule has 21 rings (SSSR count). The third-order valence-corrected chi connectivity index (χ3v) is 22.8. The van der Waals surface area contributed by atoms with E-state index in [1.165, 1.54) is 122 Å². The summed E-state index contributed by atoms with van der Waals surface area (Å²) in [6, 6.07) is 152. The Bertz CT molecular complexity index is 6260. The van der Waals surface area contributed by atoms with Crippen LogP contribution in [0.3, 0.4) is 0 Å². The summed E-state index contributed by atoms with van der Waals surface area (Å²) in [5.74, 6) is 0. The molecule has 0 saturated carbocycles. The van der Waals surface area contributed by atoms with Crippen LogP contribution in [0, 0.1) is 0 Å². The lowest BCUT2D eigenvalue weighted by Gasteiger charge is -2.34. The second-order valence-corrected chi connectivity index (χ2v) is 28.1. The van der Waals surface area contributed by atoms with Gasteiger partial charge in [-0.05, 0) is 213 Å². The van der Waals surface area contributed by atoms with Gasteiger partial charge in [-0.2, -0.15) is 0 Å². The van der Waals surface area contributed by atoms with E-state index >= 15 is 0 Å². The van der Waals surface area contributed by atoms with Gasteiger partial charge >= 0.3 is 0 Å². The number of hydrogen-bond acceptors (Lipinski definition) is 3. The highest BCUT2D eigenvalue weighted by Crippen LogP contribution is 2.68. The molecule has 0 saturated heterocycles. The fourth-order valence-corrected chi connectivity index (χ4v) is 18.7. The zero-order chi connectivity index (χ0) is 69.2. The van der Waals surface area contributed by atoms with Crippen LogP contribution in [-0.2, 0) is 10.8 Å². The van der Waals surface area contributed by atoms with Crippen molar-refractivity contribution in [2.45, 2.75) is 10.8 Å². The first-order valence-corrected chi connectivity index (χ1v) is 36.5. The average Bonchev–Trinajstić information content (AvgIpc) is 1.51. The summed E-state index contributed by atoms with van der Waals surface area (Å²) in [7, 11) is 0. The highest BCUT2D eigenvalue weighted by molar-refractivity contribution is 6.12. The minimum atomic E-state index is -0.645. The Labute approximate surface area is 612 Å². The van der Waals surface area contributed by atoms with Crippen molar-refractivity contribution in [3.8, 4) is 77.9 Å². The van der Waals surface area contributed by atoms with Crippen LogP contribution in [0.4, 0.5) is 51.2 Å². The quantitative estimate of drug-likeness (QED) is 0.121. The highest BCUT2D eigenvalue weighted by atomic mass is 15.2. The molecule has 17 aromatic carbocycles. The van der Waals surface area contributed by atoms with Gasteiger partial charge in [0.05, 0.1) is 16.5 Å². The Balaban J connectivity index is 0.815. The van der Waals surface area contributed by atoms with Crippen LogP contribution in [0.2, 0.25) is 0 Å². The van der Waals surface area contributed by atoms with Crippen molar-refractivity contribution in [2.24, 2.45) is 0 Å². The van der Waals surface area contributed by atoms with E-state index in [0.29, 0.717) is 0 Å². The minimum Gasteiger partial charge on any atom is -0.310 e. The van der Waals surface area contributed by atoms with E-state index in [4.69, 9.17) is 0 Å². The van der Waals surface area contributed by atoms with Gasteiger partial charge in [0.15, 0.2) is 0 Å². The summed E-state index contributed by atoms with van der Waals surface area (Å²) >= 11 is 0. The van der Waals surface area contributed by atoms with Crippen molar-refractivity contribution in [1.29, 1.82) is 0 Å². The van der Waals surface area contributed by atoms with Gasteiger partial charge in [-0.25, -0.2) is 0 Å². The molecule has 2 spiro atoms. The summed E-state index contributed by atoms with van der Waals surface area (Å²) in [5.41, 5.74) is 35.7. The lowest BCUT2D eigenvalue weighted by atomic mass is 9.70. The van der Waals surface area contributed by atoms with E-state index in [-0.39, 0.29) is 0 Å². The van der Waals surface area contributed by atoms with Crippen molar-refractivity contribution in [3.63, 3.8) is 0 Å². The lowest BCUT2D eigenvalue weighted by molar-refractivity contribution is 0.794. The maximum absolute atomic E-state index is 2.56. The molecule has 17 aromatic rings. The first-order valence-electron chi connectivity index (χ1n) is 36.5. The Hall–Kier alpha value is -13.6. The van der Waals surface area contributed by atoms with Crippen LogP contribution in [0.1, 0.15) is 44.5 Å². The van der Waals surface area contributed by atoms with Crippen LogP contribution >= 0.6 is 0 Å². The fourth-order valence-electron chi connectivity index (χ4n) is 18.7. The Morgan fingerprint density at radius 2 is 0.495 bits per heavy atom. The largest absolute Gasteiger partial charge is 0.310 e. The molecule has 0 bridgehead atoms. The first kappa shape index (κ1) is 60.2. The predicted molar refractivity (Wildman–Crippen MR) is 437 cm³/mol. The van der Waals surface area contributed by atoms with Crippen LogP contribution in [0.25, 0.3) is 88.7 Å². The van der Waals surface area contributed by atoms with E-state index in [0.717, 1.165) is 62.3 Å². The minimum absolute atomic E-state index is 0.571. The molecule has 0 aliphatic heterocycles. The summed E-state index contributed by atoms with van der Waals surface area (Å²) in [6.45, 7) is 0. The average molecular weight is 1330 g/mol. The van der Waals surface area contributed by atoms with Gasteiger partial charge < -0.3 is 14.7 Å². The Morgan fingerprint density at radius 1 is 0.162 bits per heavy atom. The molecular formula is C102H67N3. The van der Waals surface area contributed by atoms with E-state index in [9.17, 15) is 0 Å². The second-order valence-electron chi connectivity index (χ2n) is 28.1. The fraction of sp³-hybridized carbons (Fsp3) is 0.0196. The van der Waals surface area contributed by atoms with Gasteiger partial charge in [0, 0.05) is 56.4 Å². The number of anilines is 9. The molecule has 4 aliphatic carbocycles. The molecule has 0 fully saturated rings. The van der Waals surface area contributed by atoms with Crippen LogP contribution in [0.5, 0.6) is 0 Å². The summed E-state index contributed by atoms with van der Waals surface area (Å²) in [4.78, 5) is 7.51. The normalized spacial score (nSPS) is 14.0. The van der Waals surface area contributed by atoms with Crippen LogP contribution in [0.15, 0.2) is 406 Å². The van der Waals surface area contributed by atoms with E-state index in [1.807, 2.05) is 0 Å². The third-order valence-electron chi connectivity index (χ3n) is 22.8. The van der Waals surface area contributed by atoms with E-state index in [2.05, 4.69) is 421 Å². The maximum Gasteiger partial charge on any atom is 0.0726 e. The zero-order valence-electron chi connectivity index (χ0n) is 57.5. The smallest absolute Gasteiger partial charge is 0.0726 e. The number of rotatable bonds is 12. The number of nitrogens with zero attached hydrogens (tertiary/aromatic N) is 3. The molecule has 0 N–H and O–H groups in total. The molecular weight excluding hydrogens is 1270 g/mol. The SMILES string of the molecule is c1ccc(-c2ccc(N(c3ccccc3)c3cccc(N(c4cccc(N(c5ccccc5)c5c6c(cc7ccccc57)C5(c7ccccc7-c7ccccc75)c5ccccc5-6)c4)c4ccc5c(c4)C4(c6ccccc6-5)c5ccccc5-c5c(-c6ccccc6)cccc54)c3)cc2-c2ccccc2)cc1. The summed E-state index contributed by atoms with van der Waals surface area (Å²) in [5, 5.41) is 2.36. The number of hydrogen-bond donors (Lipinski definition) is 0. The van der Waals surface area contributed by atoms with Gasteiger partial charge in [0.2, 0.25) is 0 Å². The predicted octanol–water partition coefficient (Wildman–Crippen LogP) is 26.9. The third kappa shape index (κ3) is 8.98. The molecule has 0 aromatic heterocycles. The molecule has 1 atom stereocenters. The van der Waals surface area contributed by atoms with Gasteiger partial charge in [-0.15, -0.1) is 0 Å². The molecule has 0 heterocycles. The van der Waals surface area contributed by atoms with Gasteiger partial charge in [0.25, 0.3) is 0 Å². The number of benzene rings is 17. The molecule has 105 heavy (non-hydrogen) atoms. The van der Waals surface area contributed by atoms with E-state index < -0.39 is 10.8 Å². The van der Waals surface area contributed by atoms with Crippen LogP contribution in [-0.4, -0.2) is 0 Å². The van der Waals surface area contributed by atoms with E-state index in [1.54, 1.807) is 0 Å². The maximum atomic E-state index is 2.56. The second kappa shape index (κ2) is 24.0. The van der Waals surface area contributed by atoms with Crippen molar-refractivity contribution in [1.82, 2.24) is 0 Å². The standard InChI is InChI=1S/C102H67N3/c1-6-31-68(32-7-1)80-61-59-78(66-89(80)70-35-10-3-11-36-70)103(72-38-12-4-13-39-72)74-42-28-43-75(64-74)104(79-60-62-86-85-49-20-25-55-92(85)102(96(86)67-79)93-56-26-21-50-87(93)98-81(52-30-58-95(98)102)69-33-8-2-9-34-69)76-44-29-45-77(65-76)105(73-40-14-5-15-41-73)100-82-46-17-16-37-71(82)63-97-99(100)88-51-22-27-57-94(88)101(97)90-53-23-18-47-83(90)84-48-19-24-54-91(84)101/h1-67H. The lowest BCUT2D eigenvalue weighted by Crippen LogP contribution is -2.26. The van der Waals surface area contributed by atoms with Crippen molar-refractivity contribution in [3.05, 3.63) is 451 Å². The molecule has 0 radical (unpaired) electrons. The number of para-hydroxylation sites is 2. The Kier molecular flexibility index (Phi) is 13.8. The van der Waals surface area contributed by atoms with Crippen molar-refractivity contribution in [2.75, 3.05) is 14.7 Å². The Morgan fingerprint density at radius 3 is 1.04 bits per heavy atom. The topological polar surface area (TPSA) is 9.72 Å². The summed E-state index contributed by atoms with van der Waals surface area (Å²) in [6.07, 6.45) is 0. The molecule has 1 unspecified atom stereocenters. The molecule has 490 valence electrons. The molecule has 3 nitrogen and oxygen atoms in total. The van der Waals surface area contributed by atoms with Gasteiger partial charge in [-0.3, -0.25) is 0 Å². The number of fused-ring (bicyclic) bond motifs is 21. The molecule has 3 heteroatoms. The zero-order valence-corrected chi connectivity index (χ0v) is 57.5. The summed E-state index contributed by atoms with van der Waals surface area (Å²) < 4.78 is 0. The van der Waals surface area contributed by atoms with Gasteiger partial charge in [-0.1, -0.05) is 315 Å². The molecule has 4 aliphatic rings. The van der Waals surface area contributed by atoms with Crippen molar-refractivity contribution < 1.29 is 0 Å². The van der Waals surface area contributed by atoms with Crippen LogP contribution < -0.4 is 14.7 Å². The highest BCUT2D eigenvalue weighted by Gasteiger charge is 2.54. The molecule has 0 amide bonds. The first-order chi connectivity index (χ1) is 52.1. The monoisotopic (exact) mass is 1330 g/mol. The van der Waals surface area contributed by atoms with Gasteiger partial charge in [0.1, 0.15) is 0 Å².